The lowest BCUT2D eigenvalue weighted by Crippen LogP contribution is -2.38. The zero-order valence-electron chi connectivity index (χ0n) is 16.9. The molecule has 0 saturated carbocycles. The number of piperidine rings is 1. The summed E-state index contributed by atoms with van der Waals surface area (Å²) < 4.78 is 33.3. The quantitative estimate of drug-likeness (QED) is 0.686. The second kappa shape index (κ2) is 9.56. The van der Waals surface area contributed by atoms with Gasteiger partial charge in [0.25, 0.3) is 0 Å². The van der Waals surface area contributed by atoms with Crippen LogP contribution in [0.5, 0.6) is 0 Å². The van der Waals surface area contributed by atoms with E-state index in [2.05, 4.69) is 14.9 Å². The van der Waals surface area contributed by atoms with Gasteiger partial charge in [0.15, 0.2) is 0 Å². The SMILES string of the molecule is CC(C)C(=O)Nc1ccc(S(=O)(=O)NCC2CCN(Cc3ccco3)CC2)cc1. The number of furan rings is 1. The highest BCUT2D eigenvalue weighted by Gasteiger charge is 2.22. The lowest BCUT2D eigenvalue weighted by atomic mass is 9.97. The number of hydrogen-bond donors (Lipinski definition) is 2. The number of likely N-dealkylation sites (tertiary alicyclic amines) is 1. The Morgan fingerprint density at radius 3 is 2.45 bits per heavy atom. The zero-order valence-corrected chi connectivity index (χ0v) is 17.7. The molecule has 0 aliphatic carbocycles. The van der Waals surface area contributed by atoms with Gasteiger partial charge in [-0.3, -0.25) is 9.69 Å². The number of carbonyl (C=O) groups excluding carboxylic acids is 1. The maximum absolute atomic E-state index is 12.6. The van der Waals surface area contributed by atoms with Crippen LogP contribution >= 0.6 is 0 Å². The van der Waals surface area contributed by atoms with Gasteiger partial charge in [-0.2, -0.15) is 0 Å². The predicted octanol–water partition coefficient (Wildman–Crippen LogP) is 3.06. The van der Waals surface area contributed by atoms with Crippen molar-refractivity contribution in [1.29, 1.82) is 0 Å². The van der Waals surface area contributed by atoms with Gasteiger partial charge < -0.3 is 9.73 Å². The van der Waals surface area contributed by atoms with Gasteiger partial charge in [0.2, 0.25) is 15.9 Å². The second-order valence-corrected chi connectivity index (χ2v) is 9.59. The number of benzene rings is 1. The Morgan fingerprint density at radius 2 is 1.86 bits per heavy atom. The fourth-order valence-electron chi connectivity index (χ4n) is 3.29. The standard InChI is InChI=1S/C21H29N3O4S/c1-16(2)21(25)23-18-5-7-20(8-6-18)29(26,27)22-14-17-9-11-24(12-10-17)15-19-4-3-13-28-19/h3-8,13,16-17,22H,9-12,14-15H2,1-2H3,(H,23,25). The second-order valence-electron chi connectivity index (χ2n) is 7.82. The molecular weight excluding hydrogens is 390 g/mol. The summed E-state index contributed by atoms with van der Waals surface area (Å²) in [4.78, 5) is 14.3. The van der Waals surface area contributed by atoms with Crippen LogP contribution in [0.2, 0.25) is 0 Å². The van der Waals surface area contributed by atoms with Crippen molar-refractivity contribution < 1.29 is 17.6 Å². The summed E-state index contributed by atoms with van der Waals surface area (Å²) in [5.74, 6) is 1.04. The van der Waals surface area contributed by atoms with Crippen molar-refractivity contribution in [3.05, 3.63) is 48.4 Å². The van der Waals surface area contributed by atoms with Gasteiger partial charge >= 0.3 is 0 Å². The van der Waals surface area contributed by atoms with E-state index in [-0.39, 0.29) is 16.7 Å². The molecule has 7 nitrogen and oxygen atoms in total. The van der Waals surface area contributed by atoms with E-state index in [0.29, 0.717) is 18.2 Å². The maximum Gasteiger partial charge on any atom is 0.240 e. The number of sulfonamides is 1. The summed E-state index contributed by atoms with van der Waals surface area (Å²) >= 11 is 0. The minimum Gasteiger partial charge on any atom is -0.468 e. The Balaban J connectivity index is 1.47. The van der Waals surface area contributed by atoms with Crippen LogP contribution in [-0.2, 0) is 21.4 Å². The largest absolute Gasteiger partial charge is 0.468 e. The molecule has 1 aliphatic heterocycles. The van der Waals surface area contributed by atoms with E-state index in [0.717, 1.165) is 38.2 Å². The number of nitrogens with zero attached hydrogens (tertiary/aromatic N) is 1. The van der Waals surface area contributed by atoms with Gasteiger partial charge in [-0.1, -0.05) is 13.8 Å². The molecule has 2 N–H and O–H groups in total. The van der Waals surface area contributed by atoms with Crippen LogP contribution in [0, 0.1) is 11.8 Å². The summed E-state index contributed by atoms with van der Waals surface area (Å²) in [7, 11) is -3.57. The minimum absolute atomic E-state index is 0.0999. The highest BCUT2D eigenvalue weighted by molar-refractivity contribution is 7.89. The summed E-state index contributed by atoms with van der Waals surface area (Å²) in [6.45, 7) is 6.70. The molecule has 1 fully saturated rings. The molecule has 0 unspecified atom stereocenters. The molecule has 0 atom stereocenters. The molecule has 1 aromatic carbocycles. The van der Waals surface area contributed by atoms with E-state index in [9.17, 15) is 13.2 Å². The molecule has 3 rings (SSSR count). The summed E-state index contributed by atoms with van der Waals surface area (Å²) in [6.07, 6.45) is 3.58. The fourth-order valence-corrected chi connectivity index (χ4v) is 4.40. The van der Waals surface area contributed by atoms with E-state index in [4.69, 9.17) is 4.42 Å². The molecule has 0 spiro atoms. The van der Waals surface area contributed by atoms with Gasteiger partial charge in [-0.15, -0.1) is 0 Å². The summed E-state index contributed by atoms with van der Waals surface area (Å²) in [5.41, 5.74) is 0.589. The number of hydrogen-bond acceptors (Lipinski definition) is 5. The lowest BCUT2D eigenvalue weighted by Gasteiger charge is -2.31. The Kier molecular flexibility index (Phi) is 7.10. The number of carbonyl (C=O) groups is 1. The Bertz CT molecular complexity index is 885. The zero-order chi connectivity index (χ0) is 20.9. The molecular formula is C21H29N3O4S. The van der Waals surface area contributed by atoms with Gasteiger partial charge in [0, 0.05) is 18.2 Å². The van der Waals surface area contributed by atoms with Gasteiger partial charge in [-0.05, 0) is 68.2 Å². The van der Waals surface area contributed by atoms with E-state index >= 15 is 0 Å². The third-order valence-corrected chi connectivity index (χ3v) is 6.62. The highest BCUT2D eigenvalue weighted by atomic mass is 32.2. The third kappa shape index (κ3) is 6.16. The van der Waals surface area contributed by atoms with Crippen LogP contribution < -0.4 is 10.0 Å². The Labute approximate surface area is 172 Å². The van der Waals surface area contributed by atoms with Crippen molar-refractivity contribution in [3.8, 4) is 0 Å². The van der Waals surface area contributed by atoms with Crippen LogP contribution in [0.1, 0.15) is 32.4 Å². The molecule has 1 aliphatic rings. The first-order chi connectivity index (χ1) is 13.8. The number of nitrogens with one attached hydrogen (secondary N) is 2. The first-order valence-corrected chi connectivity index (χ1v) is 11.5. The van der Waals surface area contributed by atoms with E-state index in [1.54, 1.807) is 32.2 Å². The molecule has 1 saturated heterocycles. The van der Waals surface area contributed by atoms with Crippen LogP contribution in [0.4, 0.5) is 5.69 Å². The van der Waals surface area contributed by atoms with Crippen molar-refractivity contribution >= 4 is 21.6 Å². The van der Waals surface area contributed by atoms with E-state index in [1.807, 2.05) is 12.1 Å². The Morgan fingerprint density at radius 1 is 1.17 bits per heavy atom. The lowest BCUT2D eigenvalue weighted by molar-refractivity contribution is -0.118. The molecule has 8 heteroatoms. The van der Waals surface area contributed by atoms with Crippen molar-refractivity contribution in [2.24, 2.45) is 11.8 Å². The van der Waals surface area contributed by atoms with Crippen molar-refractivity contribution in [2.45, 2.75) is 38.1 Å². The highest BCUT2D eigenvalue weighted by Crippen LogP contribution is 2.20. The fraction of sp³-hybridized carbons (Fsp3) is 0.476. The van der Waals surface area contributed by atoms with E-state index in [1.165, 1.54) is 12.1 Å². The summed E-state index contributed by atoms with van der Waals surface area (Å²) in [6, 6.07) is 10.1. The first kappa shape index (κ1) is 21.5. The minimum atomic E-state index is -3.57. The van der Waals surface area contributed by atoms with Crippen LogP contribution in [0.3, 0.4) is 0 Å². The number of amides is 1. The third-order valence-electron chi connectivity index (χ3n) is 5.19. The molecule has 2 heterocycles. The molecule has 0 bridgehead atoms. The average Bonchev–Trinajstić information content (AvgIpc) is 3.21. The molecule has 2 aromatic rings. The summed E-state index contributed by atoms with van der Waals surface area (Å²) in [5, 5.41) is 2.76. The molecule has 1 aromatic heterocycles. The van der Waals surface area contributed by atoms with Crippen LogP contribution in [-0.4, -0.2) is 38.9 Å². The van der Waals surface area contributed by atoms with Crippen LogP contribution in [0.25, 0.3) is 0 Å². The maximum atomic E-state index is 12.6. The van der Waals surface area contributed by atoms with Gasteiger partial charge in [-0.25, -0.2) is 13.1 Å². The van der Waals surface area contributed by atoms with Gasteiger partial charge in [0.1, 0.15) is 5.76 Å². The Hall–Kier alpha value is -2.16. The molecule has 1 amide bonds. The van der Waals surface area contributed by atoms with E-state index < -0.39 is 10.0 Å². The normalized spacial score (nSPS) is 16.2. The molecule has 0 radical (unpaired) electrons. The molecule has 158 valence electrons. The van der Waals surface area contributed by atoms with Crippen molar-refractivity contribution in [2.75, 3.05) is 25.0 Å². The van der Waals surface area contributed by atoms with Crippen LogP contribution in [0.15, 0.2) is 52.0 Å². The van der Waals surface area contributed by atoms with Crippen molar-refractivity contribution in [1.82, 2.24) is 9.62 Å². The monoisotopic (exact) mass is 419 g/mol. The number of anilines is 1. The topological polar surface area (TPSA) is 91.6 Å². The molecule has 29 heavy (non-hydrogen) atoms. The first-order valence-electron chi connectivity index (χ1n) is 9.99. The average molecular weight is 420 g/mol. The predicted molar refractivity (Wildman–Crippen MR) is 112 cm³/mol. The smallest absolute Gasteiger partial charge is 0.240 e. The van der Waals surface area contributed by atoms with Gasteiger partial charge in [0.05, 0.1) is 17.7 Å². The van der Waals surface area contributed by atoms with Crippen molar-refractivity contribution in [3.63, 3.8) is 0 Å². The number of rotatable bonds is 8.